The molecule has 0 saturated carbocycles. The zero-order valence-electron chi connectivity index (χ0n) is 12.1. The van der Waals surface area contributed by atoms with Crippen LogP contribution in [0.3, 0.4) is 0 Å². The minimum absolute atomic E-state index is 0.107. The Labute approximate surface area is 132 Å². The Bertz CT molecular complexity index is 601. The predicted molar refractivity (Wildman–Crippen MR) is 88.0 cm³/mol. The highest BCUT2D eigenvalue weighted by Crippen LogP contribution is 2.35. The van der Waals surface area contributed by atoms with Gasteiger partial charge < -0.3 is 5.32 Å². The van der Waals surface area contributed by atoms with Gasteiger partial charge in [0.05, 0.1) is 6.04 Å². The Hall–Kier alpha value is -0.710. The minimum Gasteiger partial charge on any atom is -0.309 e. The van der Waals surface area contributed by atoms with Crippen molar-refractivity contribution in [3.63, 3.8) is 0 Å². The first-order chi connectivity index (χ1) is 9.32. The summed E-state index contributed by atoms with van der Waals surface area (Å²) in [5.74, 6) is -0.190. The van der Waals surface area contributed by atoms with Crippen molar-refractivity contribution in [1.29, 1.82) is 0 Å². The van der Waals surface area contributed by atoms with Crippen LogP contribution in [0.15, 0.2) is 34.8 Å². The number of rotatable bonds is 3. The summed E-state index contributed by atoms with van der Waals surface area (Å²) in [6.45, 7) is 6.58. The van der Waals surface area contributed by atoms with Crippen LogP contribution < -0.4 is 5.32 Å². The third-order valence-electron chi connectivity index (χ3n) is 3.21. The average molecular weight is 356 g/mol. The SMILES string of the molecule is CNC(c1ccc(C(C)(C)C)s1)c1ccc(Br)cc1F. The lowest BCUT2D eigenvalue weighted by atomic mass is 9.95. The summed E-state index contributed by atoms with van der Waals surface area (Å²) < 4.78 is 14.9. The molecule has 0 radical (unpaired) electrons. The predicted octanol–water partition coefficient (Wildman–Crippen LogP) is 5.26. The molecule has 1 aromatic carbocycles. The highest BCUT2D eigenvalue weighted by molar-refractivity contribution is 9.10. The van der Waals surface area contributed by atoms with Gasteiger partial charge in [-0.05, 0) is 36.7 Å². The second kappa shape index (κ2) is 5.96. The fourth-order valence-corrected chi connectivity index (χ4v) is 3.63. The summed E-state index contributed by atoms with van der Waals surface area (Å²) in [4.78, 5) is 2.45. The van der Waals surface area contributed by atoms with Gasteiger partial charge in [0, 0.05) is 19.8 Å². The number of benzene rings is 1. The number of halogens is 2. The lowest BCUT2D eigenvalue weighted by molar-refractivity contribution is 0.578. The van der Waals surface area contributed by atoms with Crippen LogP contribution >= 0.6 is 27.3 Å². The topological polar surface area (TPSA) is 12.0 Å². The van der Waals surface area contributed by atoms with Crippen LogP contribution in [0.5, 0.6) is 0 Å². The van der Waals surface area contributed by atoms with Crippen molar-refractivity contribution in [2.24, 2.45) is 0 Å². The van der Waals surface area contributed by atoms with E-state index in [0.29, 0.717) is 5.56 Å². The molecule has 108 valence electrons. The molecule has 0 amide bonds. The third-order valence-corrected chi connectivity index (χ3v) is 5.28. The summed E-state index contributed by atoms with van der Waals surface area (Å²) in [6, 6.07) is 9.34. The average Bonchev–Trinajstić information content (AvgIpc) is 2.82. The molecular weight excluding hydrogens is 337 g/mol. The van der Waals surface area contributed by atoms with E-state index in [9.17, 15) is 4.39 Å². The van der Waals surface area contributed by atoms with Gasteiger partial charge in [0.15, 0.2) is 0 Å². The van der Waals surface area contributed by atoms with E-state index in [0.717, 1.165) is 9.35 Å². The summed E-state index contributed by atoms with van der Waals surface area (Å²) in [5.41, 5.74) is 0.803. The molecule has 1 nitrogen and oxygen atoms in total. The lowest BCUT2D eigenvalue weighted by Gasteiger charge is -2.18. The van der Waals surface area contributed by atoms with Crippen molar-refractivity contribution in [3.8, 4) is 0 Å². The van der Waals surface area contributed by atoms with Gasteiger partial charge in [0.2, 0.25) is 0 Å². The summed E-state index contributed by atoms with van der Waals surface area (Å²) in [7, 11) is 1.86. The van der Waals surface area contributed by atoms with Crippen LogP contribution in [0.25, 0.3) is 0 Å². The van der Waals surface area contributed by atoms with Gasteiger partial charge >= 0.3 is 0 Å². The fraction of sp³-hybridized carbons (Fsp3) is 0.375. The number of hydrogen-bond acceptors (Lipinski definition) is 2. The molecule has 0 saturated heterocycles. The van der Waals surface area contributed by atoms with Crippen LogP contribution in [0.2, 0.25) is 0 Å². The third kappa shape index (κ3) is 3.30. The van der Waals surface area contributed by atoms with E-state index in [2.05, 4.69) is 54.2 Å². The van der Waals surface area contributed by atoms with Crippen molar-refractivity contribution in [3.05, 3.63) is 55.9 Å². The van der Waals surface area contributed by atoms with Crippen LogP contribution in [0.4, 0.5) is 4.39 Å². The quantitative estimate of drug-likeness (QED) is 0.791. The smallest absolute Gasteiger partial charge is 0.129 e. The molecule has 1 unspecified atom stereocenters. The largest absolute Gasteiger partial charge is 0.309 e. The molecule has 0 spiro atoms. The molecule has 1 heterocycles. The van der Waals surface area contributed by atoms with Crippen molar-refractivity contribution < 1.29 is 4.39 Å². The van der Waals surface area contributed by atoms with Crippen molar-refractivity contribution in [1.82, 2.24) is 5.32 Å². The van der Waals surface area contributed by atoms with E-state index < -0.39 is 0 Å². The van der Waals surface area contributed by atoms with Gasteiger partial charge in [0.1, 0.15) is 5.82 Å². The van der Waals surface area contributed by atoms with E-state index in [-0.39, 0.29) is 17.3 Å². The molecule has 4 heteroatoms. The number of nitrogens with one attached hydrogen (secondary N) is 1. The molecule has 2 aromatic rings. The molecule has 1 atom stereocenters. The maximum atomic E-state index is 14.1. The number of hydrogen-bond donors (Lipinski definition) is 1. The van der Waals surface area contributed by atoms with E-state index in [1.807, 2.05) is 19.2 Å². The monoisotopic (exact) mass is 355 g/mol. The zero-order valence-corrected chi connectivity index (χ0v) is 14.5. The Morgan fingerprint density at radius 1 is 1.20 bits per heavy atom. The minimum atomic E-state index is -0.190. The lowest BCUT2D eigenvalue weighted by Crippen LogP contribution is -2.17. The normalized spacial score (nSPS) is 13.5. The molecule has 2 rings (SSSR count). The Morgan fingerprint density at radius 3 is 2.40 bits per heavy atom. The van der Waals surface area contributed by atoms with Crippen molar-refractivity contribution in [2.45, 2.75) is 32.2 Å². The first-order valence-corrected chi connectivity index (χ1v) is 8.16. The van der Waals surface area contributed by atoms with Crippen molar-refractivity contribution >= 4 is 27.3 Å². The van der Waals surface area contributed by atoms with Crippen LogP contribution in [-0.4, -0.2) is 7.05 Å². The molecule has 20 heavy (non-hydrogen) atoms. The van der Waals surface area contributed by atoms with Crippen LogP contribution in [0.1, 0.15) is 42.1 Å². The van der Waals surface area contributed by atoms with Crippen molar-refractivity contribution in [2.75, 3.05) is 7.05 Å². The van der Waals surface area contributed by atoms with Gasteiger partial charge in [0.25, 0.3) is 0 Å². The van der Waals surface area contributed by atoms with E-state index >= 15 is 0 Å². The maximum absolute atomic E-state index is 14.1. The van der Waals surface area contributed by atoms with Gasteiger partial charge in [-0.25, -0.2) is 4.39 Å². The molecule has 0 fully saturated rings. The van der Waals surface area contributed by atoms with E-state index in [1.165, 1.54) is 10.9 Å². The van der Waals surface area contributed by atoms with E-state index in [1.54, 1.807) is 11.3 Å². The molecular formula is C16H19BrFNS. The summed E-state index contributed by atoms with van der Waals surface area (Å²) >= 11 is 5.04. The first kappa shape index (κ1) is 15.7. The van der Waals surface area contributed by atoms with Crippen LogP contribution in [-0.2, 0) is 5.41 Å². The van der Waals surface area contributed by atoms with Gasteiger partial charge in [-0.1, -0.05) is 42.8 Å². The highest BCUT2D eigenvalue weighted by Gasteiger charge is 2.22. The molecule has 0 bridgehead atoms. The second-order valence-electron chi connectivity index (χ2n) is 5.84. The number of thiophene rings is 1. The maximum Gasteiger partial charge on any atom is 0.129 e. The summed E-state index contributed by atoms with van der Waals surface area (Å²) in [6.07, 6.45) is 0. The Balaban J connectivity index is 2.40. The molecule has 0 aliphatic heterocycles. The molecule has 0 aliphatic carbocycles. The second-order valence-corrected chi connectivity index (χ2v) is 7.87. The fourth-order valence-electron chi connectivity index (χ4n) is 2.10. The first-order valence-electron chi connectivity index (χ1n) is 6.55. The zero-order chi connectivity index (χ0) is 14.9. The standard InChI is InChI=1S/C16H19BrFNS/c1-16(2,3)14-8-7-13(20-14)15(19-4)11-6-5-10(17)9-12(11)18/h5-9,15,19H,1-4H3. The van der Waals surface area contributed by atoms with Crippen LogP contribution in [0, 0.1) is 5.82 Å². The highest BCUT2D eigenvalue weighted by atomic mass is 79.9. The van der Waals surface area contributed by atoms with Gasteiger partial charge in [-0.3, -0.25) is 0 Å². The Kier molecular flexibility index (Phi) is 4.67. The summed E-state index contributed by atoms with van der Waals surface area (Å²) in [5, 5.41) is 3.21. The molecule has 1 aromatic heterocycles. The van der Waals surface area contributed by atoms with Gasteiger partial charge in [-0.15, -0.1) is 11.3 Å². The van der Waals surface area contributed by atoms with E-state index in [4.69, 9.17) is 0 Å². The Morgan fingerprint density at radius 2 is 1.90 bits per heavy atom. The molecule has 0 aliphatic rings. The van der Waals surface area contributed by atoms with Gasteiger partial charge in [-0.2, -0.15) is 0 Å². The molecule has 1 N–H and O–H groups in total.